The third kappa shape index (κ3) is 31.8. The number of esters is 1. The zero-order valence-electron chi connectivity index (χ0n) is 62.5. The average molecular weight is 1490 g/mol. The molecule has 0 radical (unpaired) electrons. The highest BCUT2D eigenvalue weighted by atomic mass is 16.5. The summed E-state index contributed by atoms with van der Waals surface area (Å²) in [6, 6.07) is -4.51. The molecule has 2 aromatic carbocycles. The molecule has 31 heteroatoms. The summed E-state index contributed by atoms with van der Waals surface area (Å²) < 4.78 is 5.84. The number of nitrogens with one attached hydrogen (secondary N) is 9. The van der Waals surface area contributed by atoms with E-state index in [0.717, 1.165) is 43.9 Å². The smallest absolute Gasteiger partial charge is 0.334 e. The van der Waals surface area contributed by atoms with Crippen LogP contribution in [0.15, 0.2) is 48.5 Å². The van der Waals surface area contributed by atoms with Crippen molar-refractivity contribution in [3.8, 4) is 11.5 Å². The molecule has 1 saturated heterocycles. The lowest BCUT2D eigenvalue weighted by Crippen LogP contribution is -2.62. The number of unbranched alkanes of at least 4 members (excludes halogenated alkanes) is 10. The summed E-state index contributed by atoms with van der Waals surface area (Å²) in [5, 5.41) is 64.0. The fourth-order valence-electron chi connectivity index (χ4n) is 12.5. The number of amides is 11. The third-order valence-electron chi connectivity index (χ3n) is 19.0. The van der Waals surface area contributed by atoms with E-state index in [0.29, 0.717) is 24.3 Å². The number of hydrogen-bond donors (Lipinski definition) is 15. The van der Waals surface area contributed by atoms with Gasteiger partial charge in [0, 0.05) is 45.1 Å². The van der Waals surface area contributed by atoms with Gasteiger partial charge in [0.1, 0.15) is 71.9 Å². The molecule has 590 valence electrons. The lowest BCUT2D eigenvalue weighted by Gasteiger charge is -2.32. The van der Waals surface area contributed by atoms with Crippen molar-refractivity contribution in [3.05, 3.63) is 59.7 Å². The average Bonchev–Trinajstić information content (AvgIpc) is 1.60. The molecule has 3 heterocycles. The summed E-state index contributed by atoms with van der Waals surface area (Å²) >= 11 is 0. The van der Waals surface area contributed by atoms with Crippen LogP contribution in [-0.2, 0) is 80.0 Å². The lowest BCUT2D eigenvalue weighted by atomic mass is 9.97. The van der Waals surface area contributed by atoms with E-state index in [1.54, 1.807) is 27.7 Å². The molecule has 106 heavy (non-hydrogen) atoms. The van der Waals surface area contributed by atoms with Crippen molar-refractivity contribution in [2.75, 3.05) is 13.1 Å². The Morgan fingerprint density at radius 1 is 0.575 bits per heavy atom. The van der Waals surface area contributed by atoms with Crippen LogP contribution in [0.5, 0.6) is 11.5 Å². The van der Waals surface area contributed by atoms with Crippen LogP contribution in [0.1, 0.15) is 214 Å². The summed E-state index contributed by atoms with van der Waals surface area (Å²) in [6.07, 6.45) is 7.79. The van der Waals surface area contributed by atoms with Gasteiger partial charge in [-0.15, -0.1) is 0 Å². The van der Waals surface area contributed by atoms with Crippen LogP contribution >= 0.6 is 0 Å². The second kappa shape index (κ2) is 46.6. The molecule has 11 amide bonds. The predicted octanol–water partition coefficient (Wildman–Crippen LogP) is 2.99. The first-order chi connectivity index (χ1) is 50.3. The molecule has 3 aliphatic rings. The molecule has 0 spiro atoms. The second-order valence-electron chi connectivity index (χ2n) is 28.7. The van der Waals surface area contributed by atoms with Crippen molar-refractivity contribution in [2.24, 2.45) is 29.2 Å². The maximum Gasteiger partial charge on any atom is 0.334 e. The number of fused-ring (bicyclic) bond motifs is 23. The molecule has 2 bridgehead atoms. The van der Waals surface area contributed by atoms with E-state index in [1.807, 2.05) is 0 Å². The van der Waals surface area contributed by atoms with Gasteiger partial charge in [-0.05, 0) is 118 Å². The van der Waals surface area contributed by atoms with Gasteiger partial charge < -0.3 is 89.4 Å². The van der Waals surface area contributed by atoms with Gasteiger partial charge in [0.15, 0.2) is 0 Å². The fraction of sp³-hybridized carbons (Fsp3) is 0.653. The lowest BCUT2D eigenvalue weighted by molar-refractivity contribution is -0.144. The number of carbonyl (C=O) groups is 14. The molecule has 0 saturated carbocycles. The fourth-order valence-corrected chi connectivity index (χ4v) is 12.5. The van der Waals surface area contributed by atoms with E-state index in [2.05, 4.69) is 61.7 Å². The number of carbonyl (C=O) groups excluding carboxylic acids is 12. The van der Waals surface area contributed by atoms with Crippen molar-refractivity contribution in [3.63, 3.8) is 0 Å². The molecular weight excluding hydrogens is 1370 g/mol. The van der Waals surface area contributed by atoms with Gasteiger partial charge in [-0.1, -0.05) is 143 Å². The van der Waals surface area contributed by atoms with Gasteiger partial charge in [-0.3, -0.25) is 62.3 Å². The van der Waals surface area contributed by atoms with Crippen molar-refractivity contribution < 1.29 is 92.3 Å². The van der Waals surface area contributed by atoms with Gasteiger partial charge in [-0.25, -0.2) is 4.79 Å². The first-order valence-electron chi connectivity index (χ1n) is 37.5. The van der Waals surface area contributed by atoms with Crippen LogP contribution in [0, 0.1) is 17.8 Å². The molecule has 5 rings (SSSR count). The van der Waals surface area contributed by atoms with Crippen molar-refractivity contribution >= 4 is 82.9 Å². The second-order valence-corrected chi connectivity index (χ2v) is 28.7. The van der Waals surface area contributed by atoms with Gasteiger partial charge in [0.2, 0.25) is 65.0 Å². The Hall–Kier alpha value is -9.26. The molecule has 0 aliphatic carbocycles. The molecule has 3 aliphatic heterocycles. The Balaban J connectivity index is 1.76. The Morgan fingerprint density at radius 3 is 1.68 bits per heavy atom. The minimum atomic E-state index is -1.97. The van der Waals surface area contributed by atoms with Crippen molar-refractivity contribution in [1.82, 2.24) is 52.8 Å². The van der Waals surface area contributed by atoms with Crippen LogP contribution in [-0.4, -0.2) is 188 Å². The summed E-state index contributed by atoms with van der Waals surface area (Å²) in [4.78, 5) is 196. The quantitative estimate of drug-likeness (QED) is 0.0200. The number of benzene rings is 2. The minimum absolute atomic E-state index is 0.00633. The van der Waals surface area contributed by atoms with Gasteiger partial charge in [0.25, 0.3) is 0 Å². The number of aliphatic carboxylic acids is 2. The number of rotatable bonds is 37. The highest BCUT2D eigenvalue weighted by molar-refractivity contribution is 6.00. The minimum Gasteiger partial charge on any atom is -0.508 e. The Morgan fingerprint density at radius 2 is 1.11 bits per heavy atom. The summed E-state index contributed by atoms with van der Waals surface area (Å²) in [5.41, 5.74) is 12.1. The van der Waals surface area contributed by atoms with E-state index in [4.69, 9.17) is 16.2 Å². The number of nitrogens with two attached hydrogens (primary N) is 2. The normalized spacial score (nSPS) is 21.6. The predicted molar refractivity (Wildman–Crippen MR) is 391 cm³/mol. The number of hydrogen-bond acceptors (Lipinski definition) is 18. The topological polar surface area (TPSA) is 493 Å². The van der Waals surface area contributed by atoms with Crippen LogP contribution in [0.25, 0.3) is 0 Å². The Bertz CT molecular complexity index is 3240. The van der Waals surface area contributed by atoms with E-state index < -0.39 is 193 Å². The van der Waals surface area contributed by atoms with Crippen molar-refractivity contribution in [2.45, 2.75) is 282 Å². The molecule has 12 atom stereocenters. The number of phenolic OH excluding ortho intramolecular Hbond substituents is 1. The number of aliphatic hydroxyl groups excluding tert-OH is 1. The SMILES string of the molecule is CCC(C)C1NC(=O)C(Cc2ccc(O)cc2)NC(=O)C(CCC(N)=O)NC(=O)C2CCCN2C(=O)C(C(C)C)NC(=O)C(CCC(=O)O)NC(=O)C(C(C)O)NC(=O)C(NC(=O)C(CCCN)NC(=O)C(CCC(=O)O)NC(=O)CCCCCCCCCCCCCC(C)C)Cc2ccc(cc2)OC1=O. The van der Waals surface area contributed by atoms with Gasteiger partial charge in [0.05, 0.1) is 6.10 Å². The first kappa shape index (κ1) is 89.1. The Kier molecular flexibility index (Phi) is 39.2. The zero-order chi connectivity index (χ0) is 78.6. The zero-order valence-corrected chi connectivity index (χ0v) is 62.5. The van der Waals surface area contributed by atoms with Crippen LogP contribution in [0.3, 0.4) is 0 Å². The van der Waals surface area contributed by atoms with Gasteiger partial charge in [-0.2, -0.15) is 0 Å². The summed E-state index contributed by atoms with van der Waals surface area (Å²) in [7, 11) is 0. The first-order valence-corrected chi connectivity index (χ1v) is 37.5. The Labute approximate surface area is 620 Å². The number of ether oxygens (including phenoxy) is 1. The number of carboxylic acids is 2. The standard InChI is InChI=1S/C75H116N12O19/c1-8-46(6)64-75(105)106-51-32-28-49(29-33-51)43-57(82-66(96)52(23-20-40-76)79-67(97)53(35-38-61(92)93)78-60(91)25-19-17-15-13-11-9-10-12-14-16-18-22-44(2)3)71(101)86-65(47(7)88)73(103)81-55(36-39-62(94)95)69(99)84-63(45(4)5)74(104)87-41-21-24-58(87)72(102)80-54(34-37-59(77)90)68(98)83-56(70(100)85-64)42-48-26-30-50(89)31-27-48/h26-33,44-47,52-58,63-65,88-89H,8-25,34-43,76H2,1-7H3,(H2,77,90)(H,78,91)(H,79,97)(H,80,102)(H,81,103)(H,82,96)(H,83,98)(H,84,99)(H,85,100)(H,86,101)(H,92,93)(H,94,95). The van der Waals surface area contributed by atoms with E-state index in [1.165, 1.54) is 87.1 Å². The van der Waals surface area contributed by atoms with Crippen LogP contribution in [0.4, 0.5) is 0 Å². The maximum absolute atomic E-state index is 14.9. The highest BCUT2D eigenvalue weighted by Gasteiger charge is 2.42. The van der Waals surface area contributed by atoms with Crippen molar-refractivity contribution in [1.29, 1.82) is 0 Å². The van der Waals surface area contributed by atoms with Crippen LogP contribution in [0.2, 0.25) is 0 Å². The number of nitrogens with zero attached hydrogens (tertiary/aromatic N) is 1. The molecule has 31 nitrogen and oxygen atoms in total. The molecule has 2 aromatic rings. The molecule has 17 N–H and O–H groups in total. The number of primary amides is 1. The summed E-state index contributed by atoms with van der Waals surface area (Å²) in [5.74, 6) is -14.8. The van der Waals surface area contributed by atoms with E-state index in [9.17, 15) is 87.5 Å². The van der Waals surface area contributed by atoms with Gasteiger partial charge >= 0.3 is 17.9 Å². The largest absolute Gasteiger partial charge is 0.508 e. The monoisotopic (exact) mass is 1490 g/mol. The molecule has 0 aromatic heterocycles. The van der Waals surface area contributed by atoms with E-state index >= 15 is 0 Å². The molecule has 12 unspecified atom stereocenters. The molecule has 1 fully saturated rings. The number of carboxylic acid groups (broad SMARTS) is 2. The highest BCUT2D eigenvalue weighted by Crippen LogP contribution is 2.24. The number of phenols is 1. The maximum atomic E-state index is 14.9. The number of aromatic hydroxyl groups is 1. The van der Waals surface area contributed by atoms with Crippen LogP contribution < -0.4 is 64.1 Å². The molecular formula is C75H116N12O19. The summed E-state index contributed by atoms with van der Waals surface area (Å²) in [6.45, 7) is 12.1. The third-order valence-corrected chi connectivity index (χ3v) is 19.0. The van der Waals surface area contributed by atoms with E-state index in [-0.39, 0.29) is 81.5 Å². The number of aliphatic hydroxyl groups is 1.